The lowest BCUT2D eigenvalue weighted by molar-refractivity contribution is 0.0268. The van der Waals surface area contributed by atoms with Crippen LogP contribution >= 0.6 is 24.0 Å². The molecule has 0 aliphatic carbocycles. The SMILES string of the molecule is CN=C(NCCCNS(C)(=O)=O)NCC(C)(C)OC.I. The Balaban J connectivity index is 0. The second-order valence-corrected chi connectivity index (χ2v) is 6.67. The highest BCUT2D eigenvalue weighted by atomic mass is 127. The van der Waals surface area contributed by atoms with E-state index >= 15 is 0 Å². The highest BCUT2D eigenvalue weighted by molar-refractivity contribution is 14.0. The minimum Gasteiger partial charge on any atom is -0.377 e. The quantitative estimate of drug-likeness (QED) is 0.224. The van der Waals surface area contributed by atoms with E-state index in [2.05, 4.69) is 20.3 Å². The summed E-state index contributed by atoms with van der Waals surface area (Å²) in [6, 6.07) is 0. The Hall–Kier alpha value is -0.130. The summed E-state index contributed by atoms with van der Waals surface area (Å²) in [7, 11) is 0.242. The van der Waals surface area contributed by atoms with Gasteiger partial charge >= 0.3 is 0 Å². The van der Waals surface area contributed by atoms with Gasteiger partial charge in [0, 0.05) is 33.8 Å². The standard InChI is InChI=1S/C11H26N4O3S.HI/c1-11(2,18-4)9-14-10(12-3)13-7-6-8-15-19(5,16)17;/h15H,6-9H2,1-5H3,(H2,12,13,14);1H. The number of nitrogens with one attached hydrogen (secondary N) is 3. The van der Waals surface area contributed by atoms with E-state index in [0.717, 1.165) is 6.26 Å². The van der Waals surface area contributed by atoms with Crippen LogP contribution in [0, 0.1) is 0 Å². The third kappa shape index (κ3) is 12.9. The summed E-state index contributed by atoms with van der Waals surface area (Å²) in [5, 5.41) is 6.24. The van der Waals surface area contributed by atoms with E-state index < -0.39 is 10.0 Å². The Morgan fingerprint density at radius 1 is 1.25 bits per heavy atom. The van der Waals surface area contributed by atoms with Crippen molar-refractivity contribution in [2.75, 3.05) is 40.0 Å². The van der Waals surface area contributed by atoms with Crippen molar-refractivity contribution < 1.29 is 13.2 Å². The van der Waals surface area contributed by atoms with E-state index in [1.54, 1.807) is 14.2 Å². The maximum absolute atomic E-state index is 10.8. The van der Waals surface area contributed by atoms with Gasteiger partial charge in [0.05, 0.1) is 11.9 Å². The van der Waals surface area contributed by atoms with Gasteiger partial charge in [0.25, 0.3) is 0 Å². The minimum atomic E-state index is -3.10. The summed E-state index contributed by atoms with van der Waals surface area (Å²) in [6.07, 6.45) is 1.83. The fraction of sp³-hybridized carbons (Fsp3) is 0.909. The van der Waals surface area contributed by atoms with E-state index in [4.69, 9.17) is 4.74 Å². The van der Waals surface area contributed by atoms with Crippen LogP contribution in [-0.2, 0) is 14.8 Å². The summed E-state index contributed by atoms with van der Waals surface area (Å²) >= 11 is 0. The number of guanidine groups is 1. The van der Waals surface area contributed by atoms with Gasteiger partial charge in [-0.15, -0.1) is 24.0 Å². The molecule has 0 atom stereocenters. The molecular weight excluding hydrogens is 395 g/mol. The van der Waals surface area contributed by atoms with Crippen LogP contribution in [0.2, 0.25) is 0 Å². The van der Waals surface area contributed by atoms with E-state index in [1.807, 2.05) is 13.8 Å². The average molecular weight is 422 g/mol. The number of hydrogen-bond acceptors (Lipinski definition) is 4. The predicted molar refractivity (Wildman–Crippen MR) is 93.3 cm³/mol. The zero-order chi connectivity index (χ0) is 14.9. The second-order valence-electron chi connectivity index (χ2n) is 4.84. The van der Waals surface area contributed by atoms with Crippen molar-refractivity contribution >= 4 is 40.0 Å². The van der Waals surface area contributed by atoms with Gasteiger partial charge in [0.15, 0.2) is 5.96 Å². The smallest absolute Gasteiger partial charge is 0.208 e. The molecule has 0 aromatic heterocycles. The van der Waals surface area contributed by atoms with Crippen LogP contribution in [0.3, 0.4) is 0 Å². The van der Waals surface area contributed by atoms with Gasteiger partial charge in [-0.3, -0.25) is 4.99 Å². The van der Waals surface area contributed by atoms with E-state index in [-0.39, 0.29) is 29.6 Å². The van der Waals surface area contributed by atoms with Crippen molar-refractivity contribution in [1.29, 1.82) is 0 Å². The molecule has 0 aliphatic heterocycles. The van der Waals surface area contributed by atoms with E-state index in [1.165, 1.54) is 0 Å². The molecule has 7 nitrogen and oxygen atoms in total. The number of methoxy groups -OCH3 is 1. The summed E-state index contributed by atoms with van der Waals surface area (Å²) in [4.78, 5) is 4.07. The second kappa shape index (κ2) is 10.6. The number of nitrogens with zero attached hydrogens (tertiary/aromatic N) is 1. The fourth-order valence-corrected chi connectivity index (χ4v) is 1.66. The number of ether oxygens (including phenoxy) is 1. The first kappa shape index (κ1) is 22.2. The van der Waals surface area contributed by atoms with Crippen molar-refractivity contribution in [3.05, 3.63) is 0 Å². The lowest BCUT2D eigenvalue weighted by atomic mass is 10.1. The van der Waals surface area contributed by atoms with Crippen molar-refractivity contribution in [3.8, 4) is 0 Å². The molecule has 0 aliphatic rings. The molecule has 3 N–H and O–H groups in total. The summed E-state index contributed by atoms with van der Waals surface area (Å²) in [6.45, 7) is 5.62. The van der Waals surface area contributed by atoms with Crippen molar-refractivity contribution in [2.24, 2.45) is 4.99 Å². The highest BCUT2D eigenvalue weighted by Crippen LogP contribution is 2.04. The molecule has 0 radical (unpaired) electrons. The molecule has 0 bridgehead atoms. The monoisotopic (exact) mass is 422 g/mol. The number of sulfonamides is 1. The van der Waals surface area contributed by atoms with E-state index in [9.17, 15) is 8.42 Å². The number of rotatable bonds is 8. The Labute approximate surface area is 139 Å². The molecule has 0 saturated carbocycles. The van der Waals surface area contributed by atoms with Crippen LogP contribution in [0.4, 0.5) is 0 Å². The lowest BCUT2D eigenvalue weighted by Gasteiger charge is -2.24. The number of hydrogen-bond donors (Lipinski definition) is 3. The highest BCUT2D eigenvalue weighted by Gasteiger charge is 2.16. The van der Waals surface area contributed by atoms with Crippen molar-refractivity contribution in [2.45, 2.75) is 25.9 Å². The van der Waals surface area contributed by atoms with Crippen LogP contribution in [0.15, 0.2) is 4.99 Å². The van der Waals surface area contributed by atoms with Gasteiger partial charge in [0.2, 0.25) is 10.0 Å². The maximum atomic E-state index is 10.8. The molecular formula is C11H27IN4O3S. The molecule has 0 saturated heterocycles. The minimum absolute atomic E-state index is 0. The topological polar surface area (TPSA) is 91.8 Å². The van der Waals surface area contributed by atoms with Crippen LogP contribution in [0.5, 0.6) is 0 Å². The molecule has 0 spiro atoms. The molecule has 0 unspecified atom stereocenters. The zero-order valence-corrected chi connectivity index (χ0v) is 16.0. The maximum Gasteiger partial charge on any atom is 0.208 e. The summed E-state index contributed by atoms with van der Waals surface area (Å²) in [5.41, 5.74) is -0.268. The summed E-state index contributed by atoms with van der Waals surface area (Å²) < 4.78 is 29.4. The lowest BCUT2D eigenvalue weighted by Crippen LogP contribution is -2.45. The first-order valence-electron chi connectivity index (χ1n) is 6.14. The van der Waals surface area contributed by atoms with Gasteiger partial charge in [-0.05, 0) is 20.3 Å². The van der Waals surface area contributed by atoms with E-state index in [0.29, 0.717) is 32.0 Å². The van der Waals surface area contributed by atoms with Crippen LogP contribution in [0.25, 0.3) is 0 Å². The van der Waals surface area contributed by atoms with Crippen LogP contribution in [0.1, 0.15) is 20.3 Å². The zero-order valence-electron chi connectivity index (χ0n) is 12.8. The number of halogens is 1. The third-order valence-corrected chi connectivity index (χ3v) is 3.20. The first-order chi connectivity index (χ1) is 8.70. The molecule has 0 amide bonds. The van der Waals surface area contributed by atoms with Gasteiger partial charge in [0.1, 0.15) is 0 Å². The van der Waals surface area contributed by atoms with Crippen molar-refractivity contribution in [1.82, 2.24) is 15.4 Å². The molecule has 0 heterocycles. The van der Waals surface area contributed by atoms with Crippen LogP contribution < -0.4 is 15.4 Å². The summed E-state index contributed by atoms with van der Waals surface area (Å²) in [5.74, 6) is 0.671. The molecule has 122 valence electrons. The molecule has 0 aromatic carbocycles. The Morgan fingerprint density at radius 3 is 2.30 bits per heavy atom. The molecule has 0 rings (SSSR count). The normalized spacial score (nSPS) is 12.8. The number of aliphatic imine (C=N–C) groups is 1. The van der Waals surface area contributed by atoms with Gasteiger partial charge in [-0.25, -0.2) is 13.1 Å². The van der Waals surface area contributed by atoms with Crippen LogP contribution in [-0.4, -0.2) is 60.0 Å². The predicted octanol–water partition coefficient (Wildman–Crippen LogP) is 0.134. The molecule has 0 fully saturated rings. The third-order valence-electron chi connectivity index (χ3n) is 2.47. The molecule has 9 heteroatoms. The first-order valence-corrected chi connectivity index (χ1v) is 8.03. The average Bonchev–Trinajstić information content (AvgIpc) is 2.31. The largest absolute Gasteiger partial charge is 0.377 e. The van der Waals surface area contributed by atoms with Gasteiger partial charge in [-0.2, -0.15) is 0 Å². The fourth-order valence-electron chi connectivity index (χ4n) is 1.14. The van der Waals surface area contributed by atoms with Gasteiger partial charge in [-0.1, -0.05) is 0 Å². The van der Waals surface area contributed by atoms with Crippen molar-refractivity contribution in [3.63, 3.8) is 0 Å². The molecule has 0 aromatic rings. The Bertz CT molecular complexity index is 385. The Kier molecular flexibility index (Phi) is 11.7. The van der Waals surface area contributed by atoms with Gasteiger partial charge < -0.3 is 15.4 Å². The Morgan fingerprint density at radius 2 is 1.85 bits per heavy atom. The molecule has 20 heavy (non-hydrogen) atoms.